The highest BCUT2D eigenvalue weighted by Crippen LogP contribution is 2.41. The Balaban J connectivity index is 2.05. The van der Waals surface area contributed by atoms with E-state index >= 15 is 0 Å². The van der Waals surface area contributed by atoms with E-state index in [2.05, 4.69) is 63.9 Å². The van der Waals surface area contributed by atoms with Crippen LogP contribution < -0.4 is 5.32 Å². The molecule has 1 saturated carbocycles. The van der Waals surface area contributed by atoms with Crippen LogP contribution in [0, 0.1) is 23.7 Å². The molecule has 1 heteroatoms. The van der Waals surface area contributed by atoms with Crippen LogP contribution in [0.15, 0.2) is 36.5 Å². The topological polar surface area (TPSA) is 12.0 Å². The van der Waals surface area contributed by atoms with Gasteiger partial charge in [-0.25, -0.2) is 0 Å². The van der Waals surface area contributed by atoms with E-state index in [0.29, 0.717) is 5.92 Å². The zero-order valence-electron chi connectivity index (χ0n) is 14.2. The molecule has 0 radical (unpaired) electrons. The summed E-state index contributed by atoms with van der Waals surface area (Å²) >= 11 is 0. The van der Waals surface area contributed by atoms with Gasteiger partial charge >= 0.3 is 0 Å². The van der Waals surface area contributed by atoms with Gasteiger partial charge in [-0.1, -0.05) is 52.8 Å². The summed E-state index contributed by atoms with van der Waals surface area (Å²) in [4.78, 5) is 0. The molecule has 116 valence electrons. The van der Waals surface area contributed by atoms with Crippen molar-refractivity contribution in [1.29, 1.82) is 0 Å². The maximum Gasteiger partial charge on any atom is 0.0381 e. The van der Waals surface area contributed by atoms with Crippen LogP contribution in [0.1, 0.15) is 52.5 Å². The summed E-state index contributed by atoms with van der Waals surface area (Å²) in [5.74, 6) is 2.95. The molecule has 3 unspecified atom stereocenters. The molecule has 1 aliphatic rings. The molecule has 0 amide bonds. The van der Waals surface area contributed by atoms with Crippen molar-refractivity contribution in [3.63, 3.8) is 0 Å². The summed E-state index contributed by atoms with van der Waals surface area (Å²) in [5, 5.41) is 3.57. The third-order valence-corrected chi connectivity index (χ3v) is 5.14. The fourth-order valence-electron chi connectivity index (χ4n) is 3.70. The Kier molecular flexibility index (Phi) is 5.50. The van der Waals surface area contributed by atoms with Crippen molar-refractivity contribution in [3.8, 4) is 0 Å². The number of hydrogen-bond acceptors (Lipinski definition) is 1. The molecular formula is C20H31N. The first kappa shape index (κ1) is 16.1. The fourth-order valence-corrected chi connectivity index (χ4v) is 3.70. The van der Waals surface area contributed by atoms with Gasteiger partial charge in [0.05, 0.1) is 0 Å². The van der Waals surface area contributed by atoms with E-state index < -0.39 is 0 Å². The van der Waals surface area contributed by atoms with Crippen LogP contribution in [0.3, 0.4) is 0 Å². The van der Waals surface area contributed by atoms with E-state index in [1.54, 1.807) is 0 Å². The van der Waals surface area contributed by atoms with Crippen LogP contribution in [-0.2, 0) is 6.42 Å². The van der Waals surface area contributed by atoms with Gasteiger partial charge in [0.25, 0.3) is 0 Å². The largest absolute Gasteiger partial charge is 0.359 e. The molecule has 3 atom stereocenters. The molecule has 1 fully saturated rings. The van der Waals surface area contributed by atoms with E-state index in [4.69, 9.17) is 0 Å². The SMILES string of the molecule is C=C(Nc1ccc(CC)cc1)C1CC(C)CCC1C(C)C. The van der Waals surface area contributed by atoms with Crippen molar-refractivity contribution in [3.05, 3.63) is 42.1 Å². The monoisotopic (exact) mass is 285 g/mol. The zero-order chi connectivity index (χ0) is 15.4. The summed E-state index contributed by atoms with van der Waals surface area (Å²) in [5.41, 5.74) is 3.78. The Hall–Kier alpha value is -1.24. The predicted octanol–water partition coefficient (Wildman–Crippen LogP) is 5.88. The summed E-state index contributed by atoms with van der Waals surface area (Å²) in [6.45, 7) is 13.7. The quantitative estimate of drug-likeness (QED) is 0.712. The van der Waals surface area contributed by atoms with E-state index in [9.17, 15) is 0 Å². The van der Waals surface area contributed by atoms with Crippen LogP contribution in [0.2, 0.25) is 0 Å². The predicted molar refractivity (Wildman–Crippen MR) is 93.4 cm³/mol. The maximum atomic E-state index is 4.37. The molecule has 0 spiro atoms. The first-order valence-corrected chi connectivity index (χ1v) is 8.56. The van der Waals surface area contributed by atoms with Crippen LogP contribution in [0.4, 0.5) is 5.69 Å². The molecule has 21 heavy (non-hydrogen) atoms. The Morgan fingerprint density at radius 2 is 1.90 bits per heavy atom. The molecule has 1 aromatic rings. The van der Waals surface area contributed by atoms with Gasteiger partial charge in [0.2, 0.25) is 0 Å². The minimum absolute atomic E-state index is 0.611. The molecule has 0 aromatic heterocycles. The number of aryl methyl sites for hydroxylation is 1. The summed E-state index contributed by atoms with van der Waals surface area (Å²) < 4.78 is 0. The molecular weight excluding hydrogens is 254 g/mol. The van der Waals surface area contributed by atoms with Crippen molar-refractivity contribution in [2.75, 3.05) is 5.32 Å². The highest BCUT2D eigenvalue weighted by Gasteiger charge is 2.32. The Bertz CT molecular complexity index is 457. The van der Waals surface area contributed by atoms with Crippen LogP contribution >= 0.6 is 0 Å². The second-order valence-corrected chi connectivity index (χ2v) is 7.13. The standard InChI is InChI=1S/C20H31N/c1-6-17-8-10-18(11-9-17)21-16(5)20-13-15(4)7-12-19(20)14(2)3/h8-11,14-15,19-21H,5-7,12-13H2,1-4H3. The fraction of sp³-hybridized carbons (Fsp3) is 0.600. The third-order valence-electron chi connectivity index (χ3n) is 5.14. The minimum Gasteiger partial charge on any atom is -0.359 e. The van der Waals surface area contributed by atoms with Crippen molar-refractivity contribution in [2.45, 2.75) is 53.4 Å². The van der Waals surface area contributed by atoms with Crippen LogP contribution in [0.5, 0.6) is 0 Å². The Morgan fingerprint density at radius 3 is 2.48 bits per heavy atom. The zero-order valence-corrected chi connectivity index (χ0v) is 14.2. The van der Waals surface area contributed by atoms with Crippen molar-refractivity contribution < 1.29 is 0 Å². The van der Waals surface area contributed by atoms with Crippen LogP contribution in [0.25, 0.3) is 0 Å². The smallest absolute Gasteiger partial charge is 0.0381 e. The van der Waals surface area contributed by atoms with Crippen molar-refractivity contribution in [2.24, 2.45) is 23.7 Å². The number of nitrogens with one attached hydrogen (secondary N) is 1. The third kappa shape index (κ3) is 4.12. The number of benzene rings is 1. The molecule has 1 aromatic carbocycles. The first-order chi connectivity index (χ1) is 10.0. The van der Waals surface area contributed by atoms with Crippen LogP contribution in [-0.4, -0.2) is 0 Å². The van der Waals surface area contributed by atoms with Gasteiger partial charge in [0.1, 0.15) is 0 Å². The molecule has 1 N–H and O–H groups in total. The highest BCUT2D eigenvalue weighted by molar-refractivity contribution is 5.49. The van der Waals surface area contributed by atoms with E-state index in [1.807, 2.05) is 0 Å². The second kappa shape index (κ2) is 7.15. The lowest BCUT2D eigenvalue weighted by atomic mass is 9.69. The normalized spacial score (nSPS) is 25.9. The minimum atomic E-state index is 0.611. The Morgan fingerprint density at radius 1 is 1.24 bits per heavy atom. The van der Waals surface area contributed by atoms with Gasteiger partial charge in [-0.2, -0.15) is 0 Å². The number of rotatable bonds is 5. The molecule has 0 bridgehead atoms. The average Bonchev–Trinajstić information content (AvgIpc) is 2.47. The van der Waals surface area contributed by atoms with Crippen molar-refractivity contribution in [1.82, 2.24) is 0 Å². The second-order valence-electron chi connectivity index (χ2n) is 7.13. The maximum absolute atomic E-state index is 4.37. The summed E-state index contributed by atoms with van der Waals surface area (Å²) in [6, 6.07) is 8.78. The lowest BCUT2D eigenvalue weighted by molar-refractivity contribution is 0.171. The van der Waals surface area contributed by atoms with E-state index in [-0.39, 0.29) is 0 Å². The first-order valence-electron chi connectivity index (χ1n) is 8.56. The highest BCUT2D eigenvalue weighted by atomic mass is 14.9. The molecule has 0 heterocycles. The van der Waals surface area contributed by atoms with Crippen molar-refractivity contribution >= 4 is 5.69 Å². The summed E-state index contributed by atoms with van der Waals surface area (Å²) in [7, 11) is 0. The van der Waals surface area contributed by atoms with E-state index in [0.717, 1.165) is 24.2 Å². The molecule has 0 aliphatic heterocycles. The number of hydrogen-bond donors (Lipinski definition) is 1. The lowest BCUT2D eigenvalue weighted by Crippen LogP contribution is -2.30. The van der Waals surface area contributed by atoms with Gasteiger partial charge in [0, 0.05) is 17.3 Å². The molecule has 1 nitrogen and oxygen atoms in total. The molecule has 1 aliphatic carbocycles. The summed E-state index contributed by atoms with van der Waals surface area (Å²) in [6.07, 6.45) is 5.09. The van der Waals surface area contributed by atoms with Gasteiger partial charge in [-0.05, 0) is 54.7 Å². The molecule has 2 rings (SSSR count). The Labute approximate surface area is 130 Å². The van der Waals surface area contributed by atoms with Gasteiger partial charge in [-0.3, -0.25) is 0 Å². The van der Waals surface area contributed by atoms with Gasteiger partial charge in [0.15, 0.2) is 0 Å². The van der Waals surface area contributed by atoms with Gasteiger partial charge < -0.3 is 5.32 Å². The average molecular weight is 285 g/mol. The van der Waals surface area contributed by atoms with E-state index in [1.165, 1.54) is 36.2 Å². The molecule has 0 saturated heterocycles. The number of allylic oxidation sites excluding steroid dienone is 1. The number of anilines is 1. The van der Waals surface area contributed by atoms with Gasteiger partial charge in [-0.15, -0.1) is 0 Å². The lowest BCUT2D eigenvalue weighted by Gasteiger charge is -2.38.